The molecule has 0 aliphatic carbocycles. The van der Waals surface area contributed by atoms with Crippen molar-refractivity contribution in [3.8, 4) is 22.3 Å². The smallest absolute Gasteiger partial charge is 0.205 e. The summed E-state index contributed by atoms with van der Waals surface area (Å²) in [6.45, 7) is 36.6. The first kappa shape index (κ1) is 68.8. The molecule has 418 valence electrons. The van der Waals surface area contributed by atoms with Crippen LogP contribution in [0.3, 0.4) is 0 Å². The monoisotopic (exact) mass is 1030 g/mol. The standard InChI is InChI=1S/C34H47BO3Si.2C16H36N/c1-4-7-10-11-12-14-20-30-23-17-18-24-31(30)34-32(29-21-15-13-16-22-29)25-19-26-33(34)39(27-8-5-2,28-9-6-3)38-35(36)37;2*1-5-9-13-17(14-10-6-2,15-11-7-3)16-12-8-4/h13,15-19,21-26H,4-12,14,20,27-28H2,1-3H3;2*5-16H2,1-4H3/q-2;2*+1. The van der Waals surface area contributed by atoms with Gasteiger partial charge in [-0.05, 0) is 109 Å². The number of aryl methyl sites for hydroxylation is 1. The molecule has 0 amide bonds. The van der Waals surface area contributed by atoms with Gasteiger partial charge in [0.15, 0.2) is 0 Å². The topological polar surface area (TPSA) is 55.3 Å². The number of hydrogen-bond acceptors (Lipinski definition) is 3. The van der Waals surface area contributed by atoms with Gasteiger partial charge in [0, 0.05) is 7.32 Å². The van der Waals surface area contributed by atoms with E-state index in [-0.39, 0.29) is 0 Å². The first-order chi connectivity index (χ1) is 35.5. The van der Waals surface area contributed by atoms with Crippen molar-refractivity contribution < 1.29 is 23.4 Å². The maximum atomic E-state index is 12.2. The Balaban J connectivity index is 0.000000649. The number of quaternary nitrogens is 2. The van der Waals surface area contributed by atoms with E-state index in [2.05, 4.69) is 143 Å². The molecule has 73 heavy (non-hydrogen) atoms. The van der Waals surface area contributed by atoms with E-state index in [4.69, 9.17) is 4.34 Å². The SMILES string of the molecule is CCCCCCCCc1ccccc1-c1c(-c2ccccc2)cccc1[Si](CCCC)(CCCC)OB([O-])[O-].CCCC[N+](CCCC)(CCCC)CCCC.CCCC[N+](CCCC)(CCCC)CCCC. The number of benzene rings is 3. The molecule has 0 spiro atoms. The van der Waals surface area contributed by atoms with E-state index < -0.39 is 15.6 Å². The Morgan fingerprint density at radius 2 is 0.726 bits per heavy atom. The van der Waals surface area contributed by atoms with Crippen molar-refractivity contribution in [2.24, 2.45) is 0 Å². The van der Waals surface area contributed by atoms with Gasteiger partial charge in [0.1, 0.15) is 0 Å². The Bertz CT molecular complexity index is 1590. The van der Waals surface area contributed by atoms with E-state index in [1.54, 1.807) is 0 Å². The lowest BCUT2D eigenvalue weighted by atomic mass is 9.90. The van der Waals surface area contributed by atoms with Crippen LogP contribution >= 0.6 is 0 Å². The summed E-state index contributed by atoms with van der Waals surface area (Å²) >= 11 is 0. The lowest BCUT2D eigenvalue weighted by Crippen LogP contribution is -2.62. The maximum absolute atomic E-state index is 12.2. The van der Waals surface area contributed by atoms with Gasteiger partial charge in [0.05, 0.1) is 52.4 Å². The molecule has 5 nitrogen and oxygen atoms in total. The zero-order chi connectivity index (χ0) is 53.9. The van der Waals surface area contributed by atoms with Crippen molar-refractivity contribution in [3.63, 3.8) is 0 Å². The minimum absolute atomic E-state index is 0.801. The van der Waals surface area contributed by atoms with Crippen molar-refractivity contribution >= 4 is 20.8 Å². The first-order valence-corrected chi connectivity index (χ1v) is 33.8. The Hall–Kier alpha value is -2.26. The highest BCUT2D eigenvalue weighted by Gasteiger charge is 2.38. The van der Waals surface area contributed by atoms with E-state index in [0.29, 0.717) is 0 Å². The normalized spacial score (nSPS) is 11.8. The highest BCUT2D eigenvalue weighted by atomic mass is 28.4. The molecule has 0 unspecified atom stereocenters. The van der Waals surface area contributed by atoms with Crippen molar-refractivity contribution in [2.45, 2.75) is 262 Å². The second kappa shape index (κ2) is 43.8. The summed E-state index contributed by atoms with van der Waals surface area (Å²) < 4.78 is 8.92. The maximum Gasteiger partial charge on any atom is 0.205 e. The van der Waals surface area contributed by atoms with Crippen LogP contribution in [0.2, 0.25) is 12.1 Å². The number of unbranched alkanes of at least 4 members (excludes halogenated alkanes) is 15. The van der Waals surface area contributed by atoms with Gasteiger partial charge in [-0.3, -0.25) is 0 Å². The highest BCUT2D eigenvalue weighted by molar-refractivity contribution is 6.90. The Labute approximate surface area is 456 Å². The highest BCUT2D eigenvalue weighted by Crippen LogP contribution is 2.37. The van der Waals surface area contributed by atoms with E-state index in [1.165, 1.54) is 213 Å². The number of rotatable bonds is 42. The lowest BCUT2D eigenvalue weighted by Gasteiger charge is -2.43. The lowest BCUT2D eigenvalue weighted by molar-refractivity contribution is -0.929. The van der Waals surface area contributed by atoms with Crippen LogP contribution < -0.4 is 15.2 Å². The fourth-order valence-corrected chi connectivity index (χ4v) is 15.6. The van der Waals surface area contributed by atoms with Crippen molar-refractivity contribution in [3.05, 3.63) is 78.4 Å². The second-order valence-corrected chi connectivity index (χ2v) is 25.9. The quantitative estimate of drug-likeness (QED) is 0.0323. The molecule has 0 radical (unpaired) electrons. The summed E-state index contributed by atoms with van der Waals surface area (Å²) in [6.07, 6.45) is 34.7. The molecule has 0 aliphatic rings. The number of hydrogen-bond donors (Lipinski definition) is 0. The Kier molecular flexibility index (Phi) is 41.3. The van der Waals surface area contributed by atoms with Crippen LogP contribution in [-0.2, 0) is 10.8 Å². The molecule has 0 aliphatic heterocycles. The average molecular weight is 1030 g/mol. The van der Waals surface area contributed by atoms with Crippen molar-refractivity contribution in [1.82, 2.24) is 0 Å². The van der Waals surface area contributed by atoms with Crippen LogP contribution in [0.4, 0.5) is 0 Å². The molecule has 3 aromatic rings. The van der Waals surface area contributed by atoms with Crippen LogP contribution in [0.5, 0.6) is 0 Å². The summed E-state index contributed by atoms with van der Waals surface area (Å²) in [7, 11) is -5.14. The van der Waals surface area contributed by atoms with Gasteiger partial charge in [-0.15, -0.1) is 0 Å². The molecule has 0 saturated carbocycles. The predicted octanol–water partition coefficient (Wildman–Crippen LogP) is 17.4. The summed E-state index contributed by atoms with van der Waals surface area (Å²) in [4.78, 5) is 0. The molecule has 3 rings (SSSR count). The van der Waals surface area contributed by atoms with Gasteiger partial charge in [0.2, 0.25) is 8.32 Å². The molecular formula is C66H119BN2O3Si. The van der Waals surface area contributed by atoms with Crippen LogP contribution in [0.15, 0.2) is 72.8 Å². The van der Waals surface area contributed by atoms with Gasteiger partial charge in [0.25, 0.3) is 0 Å². The van der Waals surface area contributed by atoms with Crippen molar-refractivity contribution in [2.75, 3.05) is 52.4 Å². The van der Waals surface area contributed by atoms with Crippen molar-refractivity contribution in [1.29, 1.82) is 0 Å². The van der Waals surface area contributed by atoms with Gasteiger partial charge in [-0.2, -0.15) is 0 Å². The average Bonchev–Trinajstić information content (AvgIpc) is 3.42. The zero-order valence-corrected chi connectivity index (χ0v) is 51.3. The molecule has 0 saturated heterocycles. The largest absolute Gasteiger partial charge is 0.872 e. The van der Waals surface area contributed by atoms with Gasteiger partial charge < -0.3 is 23.4 Å². The predicted molar refractivity (Wildman–Crippen MR) is 325 cm³/mol. The third kappa shape index (κ3) is 27.6. The fraction of sp³-hybridized carbons (Fsp3) is 0.727. The zero-order valence-electron chi connectivity index (χ0n) is 50.3. The summed E-state index contributed by atoms with van der Waals surface area (Å²) in [5.41, 5.74) is 6.04. The van der Waals surface area contributed by atoms with Crippen LogP contribution in [-0.4, -0.2) is 77.0 Å². The minimum Gasteiger partial charge on any atom is -0.872 e. The Morgan fingerprint density at radius 1 is 0.370 bits per heavy atom. The van der Waals surface area contributed by atoms with E-state index in [1.807, 2.05) is 6.07 Å². The van der Waals surface area contributed by atoms with E-state index in [0.717, 1.165) is 66.9 Å². The molecule has 7 heteroatoms. The first-order valence-electron chi connectivity index (χ1n) is 31.5. The molecule has 0 N–H and O–H groups in total. The van der Waals surface area contributed by atoms with Crippen LogP contribution in [0.25, 0.3) is 22.3 Å². The van der Waals surface area contributed by atoms with E-state index >= 15 is 0 Å². The minimum atomic E-state index is -2.87. The van der Waals surface area contributed by atoms with Crippen LogP contribution in [0.1, 0.15) is 249 Å². The summed E-state index contributed by atoms with van der Waals surface area (Å²) in [5.74, 6) is 0. The summed E-state index contributed by atoms with van der Waals surface area (Å²) in [5, 5.41) is 25.6. The molecule has 0 atom stereocenters. The molecule has 0 aromatic heterocycles. The van der Waals surface area contributed by atoms with Gasteiger partial charge >= 0.3 is 0 Å². The molecular weight excluding hydrogens is 908 g/mol. The second-order valence-electron chi connectivity index (χ2n) is 22.2. The third-order valence-electron chi connectivity index (χ3n) is 15.8. The van der Waals surface area contributed by atoms with Gasteiger partial charge in [-0.1, -0.05) is 258 Å². The van der Waals surface area contributed by atoms with E-state index in [9.17, 15) is 10.0 Å². The van der Waals surface area contributed by atoms with Crippen LogP contribution in [0, 0.1) is 0 Å². The Morgan fingerprint density at radius 3 is 1.12 bits per heavy atom. The molecule has 0 heterocycles. The molecule has 0 fully saturated rings. The number of nitrogens with zero attached hydrogens (tertiary/aromatic N) is 2. The third-order valence-corrected chi connectivity index (χ3v) is 20.2. The summed E-state index contributed by atoms with van der Waals surface area (Å²) in [6, 6.07) is 27.4. The molecule has 0 bridgehead atoms. The fourth-order valence-electron chi connectivity index (χ4n) is 11.1. The van der Waals surface area contributed by atoms with Gasteiger partial charge in [-0.25, -0.2) is 0 Å². The molecule has 3 aromatic carbocycles.